The van der Waals surface area contributed by atoms with Gasteiger partial charge in [-0.25, -0.2) is 4.98 Å². The third-order valence-corrected chi connectivity index (χ3v) is 2.76. The first-order valence-corrected chi connectivity index (χ1v) is 5.49. The van der Waals surface area contributed by atoms with Gasteiger partial charge < -0.3 is 10.2 Å². The Kier molecular flexibility index (Phi) is 3.14. The first-order chi connectivity index (χ1) is 7.68. The molecule has 1 aliphatic rings. The van der Waals surface area contributed by atoms with Gasteiger partial charge in [-0.1, -0.05) is 0 Å². The van der Waals surface area contributed by atoms with Crippen molar-refractivity contribution in [1.82, 2.24) is 20.2 Å². The summed E-state index contributed by atoms with van der Waals surface area (Å²) in [6.07, 6.45) is 3.17. The van der Waals surface area contributed by atoms with Crippen molar-refractivity contribution >= 4 is 5.91 Å². The van der Waals surface area contributed by atoms with Crippen LogP contribution in [0.5, 0.6) is 0 Å². The van der Waals surface area contributed by atoms with E-state index < -0.39 is 0 Å². The van der Waals surface area contributed by atoms with Crippen molar-refractivity contribution in [3.63, 3.8) is 0 Å². The topological polar surface area (TPSA) is 58.1 Å². The van der Waals surface area contributed by atoms with Crippen LogP contribution in [-0.4, -0.2) is 46.5 Å². The van der Waals surface area contributed by atoms with Gasteiger partial charge in [0.05, 0.1) is 11.9 Å². The number of aromatic nitrogens is 2. The molecule has 2 rings (SSSR count). The summed E-state index contributed by atoms with van der Waals surface area (Å²) >= 11 is 0. The molecule has 1 aliphatic heterocycles. The minimum atomic E-state index is -0.0264. The normalized spacial score (nSPS) is 20.9. The molecule has 1 N–H and O–H groups in total. The molecule has 16 heavy (non-hydrogen) atoms. The third kappa shape index (κ3) is 2.19. The number of rotatable bonds is 1. The molecule has 1 aromatic heterocycles. The monoisotopic (exact) mass is 220 g/mol. The minimum absolute atomic E-state index is 0.0264. The van der Waals surface area contributed by atoms with Crippen molar-refractivity contribution in [3.8, 4) is 0 Å². The van der Waals surface area contributed by atoms with Crippen LogP contribution >= 0.6 is 0 Å². The van der Waals surface area contributed by atoms with Gasteiger partial charge in [0.25, 0.3) is 5.91 Å². The van der Waals surface area contributed by atoms with Gasteiger partial charge in [-0.05, 0) is 13.8 Å². The van der Waals surface area contributed by atoms with Crippen LogP contribution in [0, 0.1) is 6.92 Å². The summed E-state index contributed by atoms with van der Waals surface area (Å²) < 4.78 is 0. The molecule has 1 aromatic rings. The van der Waals surface area contributed by atoms with Crippen LogP contribution in [-0.2, 0) is 0 Å². The molecule has 0 bridgehead atoms. The van der Waals surface area contributed by atoms with Crippen LogP contribution in [0.1, 0.15) is 23.1 Å². The average Bonchev–Trinajstić information content (AvgIpc) is 2.30. The van der Waals surface area contributed by atoms with E-state index in [0.717, 1.165) is 25.3 Å². The molecular formula is C11H16N4O. The van der Waals surface area contributed by atoms with Crippen LogP contribution in [0.4, 0.5) is 0 Å². The standard InChI is InChI=1S/C11H16N4O/c1-8-5-14-10(7-13-8)11(16)15-4-3-12-6-9(15)2/h5,7,9,12H,3-4,6H2,1-2H3/t9-/m1/s1. The van der Waals surface area contributed by atoms with E-state index in [2.05, 4.69) is 15.3 Å². The maximum atomic E-state index is 12.1. The minimum Gasteiger partial charge on any atom is -0.332 e. The van der Waals surface area contributed by atoms with Crippen molar-refractivity contribution in [2.75, 3.05) is 19.6 Å². The quantitative estimate of drug-likeness (QED) is 0.735. The molecule has 5 heteroatoms. The Balaban J connectivity index is 2.14. The summed E-state index contributed by atoms with van der Waals surface area (Å²) in [4.78, 5) is 22.2. The molecule has 0 spiro atoms. The van der Waals surface area contributed by atoms with E-state index in [1.807, 2.05) is 18.7 Å². The van der Waals surface area contributed by atoms with Crippen LogP contribution in [0.3, 0.4) is 0 Å². The van der Waals surface area contributed by atoms with Crippen LogP contribution in [0.25, 0.3) is 0 Å². The van der Waals surface area contributed by atoms with Gasteiger partial charge in [0.15, 0.2) is 0 Å². The Morgan fingerprint density at radius 3 is 2.94 bits per heavy atom. The van der Waals surface area contributed by atoms with Crippen LogP contribution in [0.2, 0.25) is 0 Å². The van der Waals surface area contributed by atoms with Gasteiger partial charge in [-0.15, -0.1) is 0 Å². The van der Waals surface area contributed by atoms with Crippen molar-refractivity contribution in [2.45, 2.75) is 19.9 Å². The molecule has 2 heterocycles. The predicted octanol–water partition coefficient (Wildman–Crippen LogP) is 0.219. The van der Waals surface area contributed by atoms with Gasteiger partial charge in [0.1, 0.15) is 5.69 Å². The highest BCUT2D eigenvalue weighted by molar-refractivity contribution is 5.92. The first kappa shape index (κ1) is 11.0. The molecule has 0 radical (unpaired) electrons. The van der Waals surface area contributed by atoms with Crippen molar-refractivity contribution < 1.29 is 4.79 Å². The number of carbonyl (C=O) groups excluding carboxylic acids is 1. The van der Waals surface area contributed by atoms with Gasteiger partial charge in [0.2, 0.25) is 0 Å². The summed E-state index contributed by atoms with van der Waals surface area (Å²) in [7, 11) is 0. The number of amides is 1. The second-order valence-electron chi connectivity index (χ2n) is 4.09. The Morgan fingerprint density at radius 1 is 1.50 bits per heavy atom. The third-order valence-electron chi connectivity index (χ3n) is 2.76. The van der Waals surface area contributed by atoms with Crippen molar-refractivity contribution in [3.05, 3.63) is 23.8 Å². The fourth-order valence-corrected chi connectivity index (χ4v) is 1.79. The van der Waals surface area contributed by atoms with E-state index in [-0.39, 0.29) is 11.9 Å². The zero-order chi connectivity index (χ0) is 11.5. The van der Waals surface area contributed by atoms with Crippen LogP contribution in [0.15, 0.2) is 12.4 Å². The van der Waals surface area contributed by atoms with E-state index in [9.17, 15) is 4.79 Å². The lowest BCUT2D eigenvalue weighted by atomic mass is 10.2. The first-order valence-electron chi connectivity index (χ1n) is 5.49. The number of nitrogens with zero attached hydrogens (tertiary/aromatic N) is 3. The fraction of sp³-hybridized carbons (Fsp3) is 0.545. The maximum Gasteiger partial charge on any atom is 0.274 e. The Hall–Kier alpha value is -1.49. The molecule has 5 nitrogen and oxygen atoms in total. The number of hydrogen-bond acceptors (Lipinski definition) is 4. The maximum absolute atomic E-state index is 12.1. The lowest BCUT2D eigenvalue weighted by molar-refractivity contribution is 0.0649. The Labute approximate surface area is 94.9 Å². The van der Waals surface area contributed by atoms with Crippen LogP contribution < -0.4 is 5.32 Å². The molecule has 0 aliphatic carbocycles. The summed E-state index contributed by atoms with van der Waals surface area (Å²) in [5.41, 5.74) is 1.25. The molecule has 1 fully saturated rings. The molecule has 1 saturated heterocycles. The Morgan fingerprint density at radius 2 is 2.31 bits per heavy atom. The second-order valence-corrected chi connectivity index (χ2v) is 4.09. The number of piperazine rings is 1. The molecule has 0 aromatic carbocycles. The van der Waals surface area contributed by atoms with E-state index >= 15 is 0 Å². The SMILES string of the molecule is Cc1cnc(C(=O)N2CCNC[C@H]2C)cn1. The molecule has 1 atom stereocenters. The highest BCUT2D eigenvalue weighted by Crippen LogP contribution is 2.07. The predicted molar refractivity (Wildman–Crippen MR) is 60.1 cm³/mol. The molecule has 1 amide bonds. The molecular weight excluding hydrogens is 204 g/mol. The number of nitrogens with one attached hydrogen (secondary N) is 1. The van der Waals surface area contributed by atoms with Crippen molar-refractivity contribution in [1.29, 1.82) is 0 Å². The van der Waals surface area contributed by atoms with E-state index in [1.54, 1.807) is 12.4 Å². The average molecular weight is 220 g/mol. The van der Waals surface area contributed by atoms with Gasteiger partial charge in [-0.2, -0.15) is 0 Å². The second kappa shape index (κ2) is 4.57. The number of hydrogen-bond donors (Lipinski definition) is 1. The lowest BCUT2D eigenvalue weighted by Crippen LogP contribution is -2.52. The fourth-order valence-electron chi connectivity index (χ4n) is 1.79. The summed E-state index contributed by atoms with van der Waals surface area (Å²) in [6.45, 7) is 6.30. The smallest absolute Gasteiger partial charge is 0.274 e. The van der Waals surface area contributed by atoms with E-state index in [4.69, 9.17) is 0 Å². The van der Waals surface area contributed by atoms with E-state index in [1.165, 1.54) is 0 Å². The zero-order valence-corrected chi connectivity index (χ0v) is 9.60. The summed E-state index contributed by atoms with van der Waals surface area (Å²) in [5.74, 6) is -0.0264. The molecule has 0 unspecified atom stereocenters. The van der Waals surface area contributed by atoms with Gasteiger partial charge >= 0.3 is 0 Å². The van der Waals surface area contributed by atoms with Crippen molar-refractivity contribution in [2.24, 2.45) is 0 Å². The summed E-state index contributed by atoms with van der Waals surface area (Å²) in [5, 5.41) is 3.25. The molecule has 86 valence electrons. The number of aryl methyl sites for hydroxylation is 1. The van der Waals surface area contributed by atoms with Gasteiger partial charge in [0, 0.05) is 31.9 Å². The largest absolute Gasteiger partial charge is 0.332 e. The van der Waals surface area contributed by atoms with Gasteiger partial charge in [-0.3, -0.25) is 9.78 Å². The number of carbonyl (C=O) groups is 1. The summed E-state index contributed by atoms with van der Waals surface area (Å²) in [6, 6.07) is 0.212. The highest BCUT2D eigenvalue weighted by atomic mass is 16.2. The Bertz CT molecular complexity index is 376. The van der Waals surface area contributed by atoms with E-state index in [0.29, 0.717) is 5.69 Å². The molecule has 0 saturated carbocycles. The lowest BCUT2D eigenvalue weighted by Gasteiger charge is -2.33. The zero-order valence-electron chi connectivity index (χ0n) is 9.60. The highest BCUT2D eigenvalue weighted by Gasteiger charge is 2.24.